The highest BCUT2D eigenvalue weighted by molar-refractivity contribution is 6.01. The van der Waals surface area contributed by atoms with Crippen LogP contribution in [-0.2, 0) is 0 Å². The predicted octanol–water partition coefficient (Wildman–Crippen LogP) is 3.82. The molecule has 0 radical (unpaired) electrons. The predicted molar refractivity (Wildman–Crippen MR) is 91.5 cm³/mol. The topological polar surface area (TPSA) is 78.8 Å². The van der Waals surface area contributed by atoms with E-state index >= 15 is 0 Å². The van der Waals surface area contributed by atoms with Gasteiger partial charge in [0.2, 0.25) is 0 Å². The van der Waals surface area contributed by atoms with Crippen molar-refractivity contribution in [3.8, 4) is 28.0 Å². The van der Waals surface area contributed by atoms with Gasteiger partial charge >= 0.3 is 0 Å². The Bertz CT molecular complexity index is 858. The second kappa shape index (κ2) is 6.23. The van der Waals surface area contributed by atoms with Gasteiger partial charge in [-0.05, 0) is 34.4 Å². The third-order valence-electron chi connectivity index (χ3n) is 3.70. The Morgan fingerprint density at radius 1 is 0.783 bits per heavy atom. The van der Waals surface area contributed by atoms with Gasteiger partial charge in [-0.15, -0.1) is 0 Å². The van der Waals surface area contributed by atoms with Gasteiger partial charge in [0.15, 0.2) is 5.84 Å². The van der Waals surface area contributed by atoms with Gasteiger partial charge in [0, 0.05) is 0 Å². The van der Waals surface area contributed by atoms with Gasteiger partial charge < -0.3 is 16.0 Å². The highest BCUT2D eigenvalue weighted by Gasteiger charge is 2.11. The van der Waals surface area contributed by atoms with Crippen molar-refractivity contribution in [1.29, 1.82) is 0 Å². The normalized spacial score (nSPS) is 11.4. The fraction of sp³-hybridized carbons (Fsp3) is 0. The van der Waals surface area contributed by atoms with Crippen molar-refractivity contribution in [2.24, 2.45) is 10.9 Å². The smallest absolute Gasteiger partial charge is 0.173 e. The van der Waals surface area contributed by atoms with Crippen LogP contribution in [0.3, 0.4) is 0 Å². The zero-order chi connectivity index (χ0) is 16.2. The van der Waals surface area contributed by atoms with Crippen LogP contribution in [0.25, 0.3) is 22.3 Å². The Morgan fingerprint density at radius 3 is 2.04 bits per heavy atom. The number of hydrogen-bond donors (Lipinski definition) is 3. The van der Waals surface area contributed by atoms with E-state index in [0.29, 0.717) is 5.56 Å². The maximum absolute atomic E-state index is 9.90. The monoisotopic (exact) mass is 304 g/mol. The molecule has 0 saturated carbocycles. The first-order chi connectivity index (χ1) is 11.2. The summed E-state index contributed by atoms with van der Waals surface area (Å²) in [6.45, 7) is 0. The van der Waals surface area contributed by atoms with E-state index in [4.69, 9.17) is 10.9 Å². The number of benzene rings is 3. The number of phenolic OH excluding ortho intramolecular Hbond substituents is 1. The molecule has 0 unspecified atom stereocenters. The summed E-state index contributed by atoms with van der Waals surface area (Å²) in [4.78, 5) is 0. The minimum absolute atomic E-state index is 0.0266. The van der Waals surface area contributed by atoms with Crippen LogP contribution in [0.4, 0.5) is 0 Å². The summed E-state index contributed by atoms with van der Waals surface area (Å²) in [5.74, 6) is -0.150. The van der Waals surface area contributed by atoms with E-state index in [9.17, 15) is 5.11 Å². The van der Waals surface area contributed by atoms with Crippen LogP contribution in [0.15, 0.2) is 78.0 Å². The molecule has 4 N–H and O–H groups in total. The molecule has 0 aromatic heterocycles. The first-order valence-corrected chi connectivity index (χ1v) is 7.16. The molecule has 3 aromatic rings. The molecule has 0 amide bonds. The number of aromatic hydroxyl groups is 1. The van der Waals surface area contributed by atoms with Gasteiger partial charge in [0.25, 0.3) is 0 Å². The Kier molecular flexibility index (Phi) is 3.97. The fourth-order valence-corrected chi connectivity index (χ4v) is 2.57. The molecular formula is C19H16N2O2. The second-order valence-electron chi connectivity index (χ2n) is 5.13. The maximum Gasteiger partial charge on any atom is 0.173 e. The number of hydrogen-bond acceptors (Lipinski definition) is 3. The molecule has 4 nitrogen and oxygen atoms in total. The van der Waals surface area contributed by atoms with Crippen molar-refractivity contribution >= 4 is 5.84 Å². The molecule has 23 heavy (non-hydrogen) atoms. The molecule has 3 aromatic carbocycles. The molecule has 0 fully saturated rings. The molecule has 0 atom stereocenters. The van der Waals surface area contributed by atoms with E-state index in [-0.39, 0.29) is 11.6 Å². The van der Waals surface area contributed by atoms with Gasteiger partial charge in [0.1, 0.15) is 5.75 Å². The van der Waals surface area contributed by atoms with Crippen molar-refractivity contribution < 1.29 is 10.3 Å². The zero-order valence-corrected chi connectivity index (χ0v) is 12.3. The molecule has 4 heteroatoms. The lowest BCUT2D eigenvalue weighted by atomic mass is 9.93. The van der Waals surface area contributed by atoms with Crippen molar-refractivity contribution in [3.63, 3.8) is 0 Å². The minimum atomic E-state index is -0.124. The third kappa shape index (κ3) is 2.87. The summed E-state index contributed by atoms with van der Waals surface area (Å²) < 4.78 is 0. The maximum atomic E-state index is 9.90. The third-order valence-corrected chi connectivity index (χ3v) is 3.70. The lowest BCUT2D eigenvalue weighted by Crippen LogP contribution is -2.13. The quantitative estimate of drug-likeness (QED) is 0.298. The Labute approximate surface area is 134 Å². The first kappa shape index (κ1) is 14.7. The van der Waals surface area contributed by atoms with Crippen LogP contribution in [-0.4, -0.2) is 16.1 Å². The summed E-state index contributed by atoms with van der Waals surface area (Å²) in [7, 11) is 0. The first-order valence-electron chi connectivity index (χ1n) is 7.16. The van der Waals surface area contributed by atoms with Crippen LogP contribution in [0.5, 0.6) is 5.75 Å². The van der Waals surface area contributed by atoms with E-state index in [1.807, 2.05) is 60.7 Å². The van der Waals surface area contributed by atoms with Crippen LogP contribution in [0, 0.1) is 0 Å². The molecule has 114 valence electrons. The summed E-state index contributed by atoms with van der Waals surface area (Å²) >= 11 is 0. The highest BCUT2D eigenvalue weighted by atomic mass is 16.4. The molecular weight excluding hydrogens is 288 g/mol. The number of oxime groups is 1. The number of nitrogens with two attached hydrogens (primary N) is 1. The lowest BCUT2D eigenvalue weighted by molar-refractivity contribution is 0.318. The van der Waals surface area contributed by atoms with Gasteiger partial charge in [-0.3, -0.25) is 0 Å². The van der Waals surface area contributed by atoms with Crippen molar-refractivity contribution in [3.05, 3.63) is 78.4 Å². The van der Waals surface area contributed by atoms with E-state index in [1.165, 1.54) is 0 Å². The molecule has 0 aliphatic carbocycles. The van der Waals surface area contributed by atoms with Crippen LogP contribution in [0.1, 0.15) is 5.56 Å². The number of amidine groups is 1. The fourth-order valence-electron chi connectivity index (χ4n) is 2.57. The van der Waals surface area contributed by atoms with E-state index in [0.717, 1.165) is 22.3 Å². The van der Waals surface area contributed by atoms with Crippen LogP contribution < -0.4 is 5.73 Å². The Morgan fingerprint density at radius 2 is 1.39 bits per heavy atom. The average molecular weight is 304 g/mol. The number of rotatable bonds is 3. The average Bonchev–Trinajstić information content (AvgIpc) is 2.62. The Balaban J connectivity index is 2.17. The highest BCUT2D eigenvalue weighted by Crippen LogP contribution is 2.33. The van der Waals surface area contributed by atoms with Crippen molar-refractivity contribution in [2.45, 2.75) is 0 Å². The van der Waals surface area contributed by atoms with Gasteiger partial charge in [-0.1, -0.05) is 65.8 Å². The van der Waals surface area contributed by atoms with E-state index in [1.54, 1.807) is 12.1 Å². The van der Waals surface area contributed by atoms with Gasteiger partial charge in [-0.25, -0.2) is 0 Å². The summed E-state index contributed by atoms with van der Waals surface area (Å²) in [5, 5.41) is 21.7. The largest absolute Gasteiger partial charge is 0.507 e. The molecule has 0 aliphatic heterocycles. The Hall–Kier alpha value is -3.27. The number of nitrogens with zero attached hydrogens (tertiary/aromatic N) is 1. The van der Waals surface area contributed by atoms with Crippen LogP contribution >= 0.6 is 0 Å². The molecule has 0 aliphatic rings. The second-order valence-corrected chi connectivity index (χ2v) is 5.13. The molecule has 0 heterocycles. The minimum Gasteiger partial charge on any atom is -0.507 e. The van der Waals surface area contributed by atoms with E-state index < -0.39 is 0 Å². The molecule has 0 bridgehead atoms. The SMILES string of the molecule is N/C(=N\O)c1cc(-c2ccccc2-c2ccccc2)ccc1O. The summed E-state index contributed by atoms with van der Waals surface area (Å²) in [6.07, 6.45) is 0. The zero-order valence-electron chi connectivity index (χ0n) is 12.3. The lowest BCUT2D eigenvalue weighted by Gasteiger charge is -2.12. The summed E-state index contributed by atoms with van der Waals surface area (Å²) in [5.41, 5.74) is 9.99. The van der Waals surface area contributed by atoms with Crippen LogP contribution in [0.2, 0.25) is 0 Å². The van der Waals surface area contributed by atoms with E-state index in [2.05, 4.69) is 5.16 Å². The molecule has 3 rings (SSSR count). The standard InChI is InChI=1S/C19H16N2O2/c20-19(21-23)17-12-14(10-11-18(17)22)16-9-5-4-8-15(16)13-6-2-1-3-7-13/h1-12,22-23H,(H2,20,21). The number of phenols is 1. The molecule has 0 spiro atoms. The molecule has 0 saturated heterocycles. The van der Waals surface area contributed by atoms with Gasteiger partial charge in [0.05, 0.1) is 5.56 Å². The van der Waals surface area contributed by atoms with Crippen molar-refractivity contribution in [1.82, 2.24) is 0 Å². The van der Waals surface area contributed by atoms with Crippen molar-refractivity contribution in [2.75, 3.05) is 0 Å². The van der Waals surface area contributed by atoms with Gasteiger partial charge in [-0.2, -0.15) is 0 Å². The summed E-state index contributed by atoms with van der Waals surface area (Å²) in [6, 6.07) is 23.1.